The molecule has 54 valence electrons. The second-order valence-electron chi connectivity index (χ2n) is 1.95. The van der Waals surface area contributed by atoms with E-state index in [2.05, 4.69) is 34.3 Å². The lowest BCUT2D eigenvalue weighted by molar-refractivity contribution is 1.59. The third kappa shape index (κ3) is 2.25. The first kappa shape index (κ1) is 8.10. The fourth-order valence-corrected chi connectivity index (χ4v) is 1.08. The SMILES string of the molecule is C=CC#Cc1ccccc1Br. The standard InChI is InChI=1S/C10H7Br/c1-2-3-6-9-7-4-5-8-10(9)11/h2,4-5,7-8H,1H2. The summed E-state index contributed by atoms with van der Waals surface area (Å²) in [6.45, 7) is 3.52. The van der Waals surface area contributed by atoms with Crippen LogP contribution in [0.1, 0.15) is 5.56 Å². The smallest absolute Gasteiger partial charge is 0.0390 e. The van der Waals surface area contributed by atoms with Crippen LogP contribution >= 0.6 is 15.9 Å². The lowest BCUT2D eigenvalue weighted by atomic mass is 10.2. The van der Waals surface area contributed by atoms with Gasteiger partial charge in [0.15, 0.2) is 0 Å². The summed E-state index contributed by atoms with van der Waals surface area (Å²) in [4.78, 5) is 0. The molecule has 0 saturated carbocycles. The predicted octanol–water partition coefficient (Wildman–Crippen LogP) is 2.99. The number of halogens is 1. The molecule has 0 heterocycles. The van der Waals surface area contributed by atoms with Gasteiger partial charge in [-0.25, -0.2) is 0 Å². The van der Waals surface area contributed by atoms with Gasteiger partial charge in [-0.2, -0.15) is 0 Å². The second kappa shape index (κ2) is 4.00. The average Bonchev–Trinajstić information content (AvgIpc) is 2.03. The van der Waals surface area contributed by atoms with Gasteiger partial charge < -0.3 is 0 Å². The van der Waals surface area contributed by atoms with Crippen molar-refractivity contribution in [2.24, 2.45) is 0 Å². The zero-order chi connectivity index (χ0) is 8.10. The Balaban J connectivity index is 3.03. The molecule has 0 bridgehead atoms. The van der Waals surface area contributed by atoms with Crippen molar-refractivity contribution in [2.45, 2.75) is 0 Å². The van der Waals surface area contributed by atoms with Crippen LogP contribution in [-0.2, 0) is 0 Å². The topological polar surface area (TPSA) is 0 Å². The van der Waals surface area contributed by atoms with E-state index in [0.717, 1.165) is 10.0 Å². The maximum Gasteiger partial charge on any atom is 0.0390 e. The molecule has 0 aromatic heterocycles. The highest BCUT2D eigenvalue weighted by Crippen LogP contribution is 2.13. The molecule has 1 aromatic carbocycles. The summed E-state index contributed by atoms with van der Waals surface area (Å²) in [5, 5.41) is 0. The van der Waals surface area contributed by atoms with Gasteiger partial charge in [-0.1, -0.05) is 30.6 Å². The monoisotopic (exact) mass is 206 g/mol. The first-order valence-electron chi connectivity index (χ1n) is 3.21. The molecule has 0 unspecified atom stereocenters. The normalized spacial score (nSPS) is 8.09. The average molecular weight is 207 g/mol. The summed E-state index contributed by atoms with van der Waals surface area (Å²) in [6, 6.07) is 7.84. The van der Waals surface area contributed by atoms with Gasteiger partial charge >= 0.3 is 0 Å². The quantitative estimate of drug-likeness (QED) is 0.573. The fraction of sp³-hybridized carbons (Fsp3) is 0. The Morgan fingerprint density at radius 2 is 2.09 bits per heavy atom. The zero-order valence-electron chi connectivity index (χ0n) is 5.97. The van der Waals surface area contributed by atoms with Gasteiger partial charge in [0, 0.05) is 10.0 Å². The molecular weight excluding hydrogens is 200 g/mol. The van der Waals surface area contributed by atoms with E-state index in [0.29, 0.717) is 0 Å². The largest absolute Gasteiger partial charge is 0.0906 e. The van der Waals surface area contributed by atoms with Crippen molar-refractivity contribution in [1.29, 1.82) is 0 Å². The van der Waals surface area contributed by atoms with Crippen molar-refractivity contribution in [3.63, 3.8) is 0 Å². The Morgan fingerprint density at radius 3 is 2.73 bits per heavy atom. The fourth-order valence-electron chi connectivity index (χ4n) is 0.691. The predicted molar refractivity (Wildman–Crippen MR) is 51.2 cm³/mol. The van der Waals surface area contributed by atoms with Crippen LogP contribution in [-0.4, -0.2) is 0 Å². The van der Waals surface area contributed by atoms with E-state index < -0.39 is 0 Å². The molecule has 1 rings (SSSR count). The summed E-state index contributed by atoms with van der Waals surface area (Å²) < 4.78 is 1.02. The summed E-state index contributed by atoms with van der Waals surface area (Å²) in [6.07, 6.45) is 1.58. The summed E-state index contributed by atoms with van der Waals surface area (Å²) >= 11 is 3.39. The minimum absolute atomic E-state index is 0.993. The van der Waals surface area contributed by atoms with E-state index >= 15 is 0 Å². The number of hydrogen-bond acceptors (Lipinski definition) is 0. The minimum atomic E-state index is 0.993. The van der Waals surface area contributed by atoms with Crippen LogP contribution in [0.25, 0.3) is 0 Å². The van der Waals surface area contributed by atoms with Gasteiger partial charge in [0.2, 0.25) is 0 Å². The molecule has 0 amide bonds. The molecule has 1 heteroatoms. The first-order chi connectivity index (χ1) is 5.34. The van der Waals surface area contributed by atoms with Gasteiger partial charge in [-0.3, -0.25) is 0 Å². The van der Waals surface area contributed by atoms with Crippen molar-refractivity contribution < 1.29 is 0 Å². The number of rotatable bonds is 0. The first-order valence-corrected chi connectivity index (χ1v) is 4.01. The lowest BCUT2D eigenvalue weighted by Gasteiger charge is -1.91. The van der Waals surface area contributed by atoms with Crippen LogP contribution < -0.4 is 0 Å². The van der Waals surface area contributed by atoms with Crippen LogP contribution in [0.15, 0.2) is 41.4 Å². The second-order valence-corrected chi connectivity index (χ2v) is 2.81. The Labute approximate surface area is 75.1 Å². The highest BCUT2D eigenvalue weighted by molar-refractivity contribution is 9.10. The molecule has 1 aromatic rings. The molecule has 0 aliphatic heterocycles. The van der Waals surface area contributed by atoms with Crippen molar-refractivity contribution in [1.82, 2.24) is 0 Å². The van der Waals surface area contributed by atoms with E-state index in [4.69, 9.17) is 0 Å². The van der Waals surface area contributed by atoms with E-state index in [9.17, 15) is 0 Å². The van der Waals surface area contributed by atoms with Crippen LogP contribution in [0.2, 0.25) is 0 Å². The summed E-state index contributed by atoms with van der Waals surface area (Å²) in [7, 11) is 0. The maximum atomic E-state index is 3.52. The van der Waals surface area contributed by atoms with Gasteiger partial charge in [0.05, 0.1) is 0 Å². The van der Waals surface area contributed by atoms with Gasteiger partial charge in [0.25, 0.3) is 0 Å². The molecule has 0 aliphatic rings. The molecular formula is C10H7Br. The Bertz CT molecular complexity index is 315. The van der Waals surface area contributed by atoms with Gasteiger partial charge in [-0.05, 0) is 34.1 Å². The van der Waals surface area contributed by atoms with Gasteiger partial charge in [0.1, 0.15) is 0 Å². The van der Waals surface area contributed by atoms with E-state index in [1.807, 2.05) is 24.3 Å². The van der Waals surface area contributed by atoms with Crippen LogP contribution in [0, 0.1) is 11.8 Å². The zero-order valence-corrected chi connectivity index (χ0v) is 7.56. The van der Waals surface area contributed by atoms with Crippen molar-refractivity contribution >= 4 is 15.9 Å². The maximum absolute atomic E-state index is 3.52. The number of benzene rings is 1. The van der Waals surface area contributed by atoms with Crippen molar-refractivity contribution in [2.75, 3.05) is 0 Å². The van der Waals surface area contributed by atoms with Crippen LogP contribution in [0.4, 0.5) is 0 Å². The molecule has 0 aliphatic carbocycles. The Kier molecular flexibility index (Phi) is 2.95. The third-order valence-corrected chi connectivity index (χ3v) is 1.87. The molecule has 0 nitrogen and oxygen atoms in total. The van der Waals surface area contributed by atoms with Crippen LogP contribution in [0.3, 0.4) is 0 Å². The van der Waals surface area contributed by atoms with E-state index in [1.165, 1.54) is 0 Å². The number of allylic oxidation sites excluding steroid dienone is 1. The van der Waals surface area contributed by atoms with E-state index in [1.54, 1.807) is 6.08 Å². The lowest BCUT2D eigenvalue weighted by Crippen LogP contribution is -1.73. The highest BCUT2D eigenvalue weighted by Gasteiger charge is 1.90. The Morgan fingerprint density at radius 1 is 1.36 bits per heavy atom. The van der Waals surface area contributed by atoms with Gasteiger partial charge in [-0.15, -0.1) is 0 Å². The Hall–Kier alpha value is -1.000. The molecule has 0 fully saturated rings. The molecule has 0 spiro atoms. The molecule has 0 saturated heterocycles. The van der Waals surface area contributed by atoms with Crippen LogP contribution in [0.5, 0.6) is 0 Å². The minimum Gasteiger partial charge on any atom is -0.0906 e. The third-order valence-electron chi connectivity index (χ3n) is 1.18. The van der Waals surface area contributed by atoms with Crippen molar-refractivity contribution in [3.8, 4) is 11.8 Å². The highest BCUT2D eigenvalue weighted by atomic mass is 79.9. The van der Waals surface area contributed by atoms with Crippen molar-refractivity contribution in [3.05, 3.63) is 47.0 Å². The van der Waals surface area contributed by atoms with E-state index in [-0.39, 0.29) is 0 Å². The summed E-state index contributed by atoms with van der Waals surface area (Å²) in [5.74, 6) is 5.74. The summed E-state index contributed by atoms with van der Waals surface area (Å²) in [5.41, 5.74) is 0.993. The molecule has 0 radical (unpaired) electrons. The molecule has 0 atom stereocenters. The molecule has 11 heavy (non-hydrogen) atoms. The molecule has 0 N–H and O–H groups in total. The number of hydrogen-bond donors (Lipinski definition) is 0.